The maximum Gasteiger partial charge on any atom is 0.435 e. The molecule has 0 radical (unpaired) electrons. The second-order valence-electron chi connectivity index (χ2n) is 5.27. The molecule has 1 aromatic heterocycles. The van der Waals surface area contributed by atoms with Gasteiger partial charge in [0.25, 0.3) is 0 Å². The average molecular weight is 377 g/mol. The Kier molecular flexibility index (Phi) is 6.07. The quantitative estimate of drug-likeness (QED) is 0.764. The first-order valence-corrected chi connectivity index (χ1v) is 9.06. The van der Waals surface area contributed by atoms with E-state index < -0.39 is 21.9 Å². The lowest BCUT2D eigenvalue weighted by atomic mass is 10.2. The SMILES string of the molecule is COc1ccc(CCS(=O)(=O)NCCn2ccc(C(F)(F)F)n2)cc1. The smallest absolute Gasteiger partial charge is 0.435 e. The average Bonchev–Trinajstić information content (AvgIpc) is 3.02. The van der Waals surface area contributed by atoms with Gasteiger partial charge in [0, 0.05) is 12.7 Å². The third-order valence-corrected chi connectivity index (χ3v) is 4.80. The summed E-state index contributed by atoms with van der Waals surface area (Å²) in [5.74, 6) is 0.564. The molecule has 10 heteroatoms. The zero-order chi connectivity index (χ0) is 18.5. The van der Waals surface area contributed by atoms with Gasteiger partial charge in [0.15, 0.2) is 5.69 Å². The molecular formula is C15H18F3N3O3S. The number of nitrogens with one attached hydrogen (secondary N) is 1. The predicted molar refractivity (Wildman–Crippen MR) is 85.7 cm³/mol. The number of ether oxygens (including phenoxy) is 1. The number of benzene rings is 1. The maximum atomic E-state index is 12.4. The zero-order valence-corrected chi connectivity index (χ0v) is 14.3. The first kappa shape index (κ1) is 19.3. The zero-order valence-electron chi connectivity index (χ0n) is 13.5. The Morgan fingerprint density at radius 3 is 2.44 bits per heavy atom. The molecule has 0 unspecified atom stereocenters. The number of nitrogens with zero attached hydrogens (tertiary/aromatic N) is 2. The number of hydrogen-bond acceptors (Lipinski definition) is 4. The van der Waals surface area contributed by atoms with Gasteiger partial charge in [0.2, 0.25) is 10.0 Å². The fourth-order valence-electron chi connectivity index (χ4n) is 2.07. The molecule has 0 fully saturated rings. The molecule has 0 spiro atoms. The number of rotatable bonds is 8. The number of halogens is 3. The highest BCUT2D eigenvalue weighted by Gasteiger charge is 2.33. The summed E-state index contributed by atoms with van der Waals surface area (Å²) in [6.45, 7) is -0.0260. The van der Waals surface area contributed by atoms with Crippen molar-refractivity contribution in [2.24, 2.45) is 0 Å². The van der Waals surface area contributed by atoms with Gasteiger partial charge >= 0.3 is 6.18 Å². The molecule has 1 heterocycles. The molecule has 0 saturated carbocycles. The van der Waals surface area contributed by atoms with Crippen molar-refractivity contribution in [2.75, 3.05) is 19.4 Å². The minimum atomic E-state index is -4.51. The highest BCUT2D eigenvalue weighted by atomic mass is 32.2. The Bertz CT molecular complexity index is 786. The lowest BCUT2D eigenvalue weighted by Crippen LogP contribution is -2.30. The van der Waals surface area contributed by atoms with E-state index in [2.05, 4.69) is 9.82 Å². The van der Waals surface area contributed by atoms with Crippen molar-refractivity contribution in [2.45, 2.75) is 19.1 Å². The molecule has 0 aliphatic heterocycles. The van der Waals surface area contributed by atoms with Crippen LogP contribution in [0.3, 0.4) is 0 Å². The first-order chi connectivity index (χ1) is 11.7. The largest absolute Gasteiger partial charge is 0.497 e. The Balaban J connectivity index is 1.79. The van der Waals surface area contributed by atoms with Crippen LogP contribution in [0.5, 0.6) is 5.75 Å². The van der Waals surface area contributed by atoms with Crippen molar-refractivity contribution in [3.05, 3.63) is 47.8 Å². The predicted octanol–water partition coefficient (Wildman–Crippen LogP) is 2.07. The van der Waals surface area contributed by atoms with E-state index >= 15 is 0 Å². The summed E-state index contributed by atoms with van der Waals surface area (Å²) in [5, 5.41) is 3.36. The lowest BCUT2D eigenvalue weighted by molar-refractivity contribution is -0.141. The van der Waals surface area contributed by atoms with Crippen molar-refractivity contribution in [3.8, 4) is 5.75 Å². The van der Waals surface area contributed by atoms with Crippen LogP contribution < -0.4 is 9.46 Å². The molecule has 0 bridgehead atoms. The number of sulfonamides is 1. The van der Waals surface area contributed by atoms with Gasteiger partial charge in [-0.3, -0.25) is 4.68 Å². The van der Waals surface area contributed by atoms with Gasteiger partial charge in [-0.05, 0) is 30.2 Å². The third-order valence-electron chi connectivity index (χ3n) is 3.41. The fourth-order valence-corrected chi connectivity index (χ4v) is 3.12. The molecule has 0 aliphatic carbocycles. The van der Waals surface area contributed by atoms with E-state index in [-0.39, 0.29) is 18.8 Å². The molecule has 0 atom stereocenters. The Hall–Kier alpha value is -2.07. The van der Waals surface area contributed by atoms with Gasteiger partial charge in [0.05, 0.1) is 19.4 Å². The number of aryl methyl sites for hydroxylation is 1. The fraction of sp³-hybridized carbons (Fsp3) is 0.400. The standard InChI is InChI=1S/C15H18F3N3O3S/c1-24-13-4-2-12(3-5-13)7-11-25(22,23)19-8-10-21-9-6-14(20-21)15(16,17)18/h2-6,9,19H,7-8,10-11H2,1H3. The topological polar surface area (TPSA) is 73.2 Å². The van der Waals surface area contributed by atoms with Crippen molar-refractivity contribution < 1.29 is 26.3 Å². The van der Waals surface area contributed by atoms with Gasteiger partial charge in [-0.1, -0.05) is 12.1 Å². The van der Waals surface area contributed by atoms with E-state index in [0.717, 1.165) is 22.5 Å². The van der Waals surface area contributed by atoms with Crippen LogP contribution >= 0.6 is 0 Å². The molecule has 0 aliphatic rings. The van der Waals surface area contributed by atoms with Gasteiger partial charge < -0.3 is 4.74 Å². The van der Waals surface area contributed by atoms with Crippen molar-refractivity contribution in [1.29, 1.82) is 0 Å². The maximum absolute atomic E-state index is 12.4. The molecule has 2 rings (SSSR count). The van der Waals surface area contributed by atoms with Crippen LogP contribution in [0.15, 0.2) is 36.5 Å². The first-order valence-electron chi connectivity index (χ1n) is 7.40. The van der Waals surface area contributed by atoms with Crippen LogP contribution in [-0.2, 0) is 29.2 Å². The molecule has 1 N–H and O–H groups in total. The van der Waals surface area contributed by atoms with Crippen LogP contribution in [0.4, 0.5) is 13.2 Å². The van der Waals surface area contributed by atoms with Crippen LogP contribution in [0.1, 0.15) is 11.3 Å². The molecule has 0 amide bonds. The summed E-state index contributed by atoms with van der Waals surface area (Å²) in [4.78, 5) is 0. The summed E-state index contributed by atoms with van der Waals surface area (Å²) in [7, 11) is -1.99. The molecule has 1 aromatic carbocycles. The van der Waals surface area contributed by atoms with E-state index in [0.29, 0.717) is 12.2 Å². The molecule has 6 nitrogen and oxygen atoms in total. The lowest BCUT2D eigenvalue weighted by Gasteiger charge is -2.08. The normalized spacial score (nSPS) is 12.3. The highest BCUT2D eigenvalue weighted by molar-refractivity contribution is 7.89. The second kappa shape index (κ2) is 7.87. The monoisotopic (exact) mass is 377 g/mol. The summed E-state index contributed by atoms with van der Waals surface area (Å²) in [6.07, 6.45) is -3.03. The van der Waals surface area contributed by atoms with E-state index in [4.69, 9.17) is 4.74 Å². The van der Waals surface area contributed by atoms with E-state index in [1.807, 2.05) is 0 Å². The molecule has 138 valence electrons. The summed E-state index contributed by atoms with van der Waals surface area (Å²) in [5.41, 5.74) is -0.164. The Morgan fingerprint density at radius 2 is 1.88 bits per heavy atom. The van der Waals surface area contributed by atoms with Crippen molar-refractivity contribution >= 4 is 10.0 Å². The van der Waals surface area contributed by atoms with Crippen molar-refractivity contribution in [1.82, 2.24) is 14.5 Å². The minimum absolute atomic E-state index is 0.0118. The number of hydrogen-bond donors (Lipinski definition) is 1. The van der Waals surface area contributed by atoms with E-state index in [9.17, 15) is 21.6 Å². The van der Waals surface area contributed by atoms with E-state index in [1.165, 1.54) is 0 Å². The summed E-state index contributed by atoms with van der Waals surface area (Å²) < 4.78 is 69.6. The number of aromatic nitrogens is 2. The Morgan fingerprint density at radius 1 is 1.20 bits per heavy atom. The summed E-state index contributed by atoms with van der Waals surface area (Å²) in [6, 6.07) is 7.88. The second-order valence-corrected chi connectivity index (χ2v) is 7.20. The molecule has 25 heavy (non-hydrogen) atoms. The highest BCUT2D eigenvalue weighted by Crippen LogP contribution is 2.27. The third kappa shape index (κ3) is 6.05. The number of methoxy groups -OCH3 is 1. The van der Waals surface area contributed by atoms with Crippen LogP contribution in [-0.4, -0.2) is 37.6 Å². The van der Waals surface area contributed by atoms with Gasteiger partial charge in [-0.2, -0.15) is 18.3 Å². The van der Waals surface area contributed by atoms with Gasteiger partial charge in [0.1, 0.15) is 5.75 Å². The number of alkyl halides is 3. The molecular weight excluding hydrogens is 359 g/mol. The van der Waals surface area contributed by atoms with Gasteiger partial charge in [-0.15, -0.1) is 0 Å². The van der Waals surface area contributed by atoms with E-state index in [1.54, 1.807) is 31.4 Å². The Labute approximate surface area is 143 Å². The van der Waals surface area contributed by atoms with Crippen LogP contribution in [0.25, 0.3) is 0 Å². The summed E-state index contributed by atoms with van der Waals surface area (Å²) >= 11 is 0. The molecule has 0 saturated heterocycles. The van der Waals surface area contributed by atoms with Crippen LogP contribution in [0, 0.1) is 0 Å². The van der Waals surface area contributed by atoms with Crippen molar-refractivity contribution in [3.63, 3.8) is 0 Å². The minimum Gasteiger partial charge on any atom is -0.497 e. The van der Waals surface area contributed by atoms with Gasteiger partial charge in [-0.25, -0.2) is 13.1 Å². The molecule has 2 aromatic rings. The van der Waals surface area contributed by atoms with Crippen LogP contribution in [0.2, 0.25) is 0 Å².